The minimum Gasteiger partial charge on any atom is -0.381 e. The van der Waals surface area contributed by atoms with E-state index < -0.39 is 11.6 Å². The number of benzene rings is 1. The van der Waals surface area contributed by atoms with E-state index >= 15 is 0 Å². The lowest BCUT2D eigenvalue weighted by Gasteiger charge is -2.28. The quantitative estimate of drug-likeness (QED) is 0.873. The molecule has 0 aliphatic carbocycles. The van der Waals surface area contributed by atoms with Crippen molar-refractivity contribution in [3.63, 3.8) is 0 Å². The van der Waals surface area contributed by atoms with Gasteiger partial charge in [-0.15, -0.1) is 0 Å². The van der Waals surface area contributed by atoms with Crippen molar-refractivity contribution in [2.75, 3.05) is 26.3 Å². The Labute approximate surface area is 106 Å². The molecule has 4 heteroatoms. The molecule has 1 aromatic carbocycles. The SMILES string of the molecule is CCNCC1(Cc2cccc(F)c2F)CCOC1. The highest BCUT2D eigenvalue weighted by Gasteiger charge is 2.35. The maximum absolute atomic E-state index is 13.7. The van der Waals surface area contributed by atoms with Crippen LogP contribution in [0.2, 0.25) is 0 Å². The third-order valence-corrected chi connectivity index (χ3v) is 3.53. The average Bonchev–Trinajstić information content (AvgIpc) is 2.82. The Hall–Kier alpha value is -1.00. The lowest BCUT2D eigenvalue weighted by molar-refractivity contribution is 0.149. The molecule has 0 saturated carbocycles. The Balaban J connectivity index is 2.15. The lowest BCUT2D eigenvalue weighted by atomic mass is 9.80. The van der Waals surface area contributed by atoms with Gasteiger partial charge in [-0.1, -0.05) is 19.1 Å². The molecule has 0 bridgehead atoms. The smallest absolute Gasteiger partial charge is 0.162 e. The number of rotatable bonds is 5. The first-order valence-electron chi connectivity index (χ1n) is 6.38. The molecule has 0 spiro atoms. The van der Waals surface area contributed by atoms with Gasteiger partial charge in [-0.05, 0) is 31.0 Å². The highest BCUT2D eigenvalue weighted by Crippen LogP contribution is 2.33. The molecular weight excluding hydrogens is 236 g/mol. The minimum atomic E-state index is -0.773. The van der Waals surface area contributed by atoms with Gasteiger partial charge in [0.2, 0.25) is 0 Å². The van der Waals surface area contributed by atoms with Gasteiger partial charge in [-0.25, -0.2) is 8.78 Å². The molecule has 1 atom stereocenters. The van der Waals surface area contributed by atoms with Gasteiger partial charge in [-0.3, -0.25) is 0 Å². The summed E-state index contributed by atoms with van der Waals surface area (Å²) in [4.78, 5) is 0. The number of nitrogens with one attached hydrogen (secondary N) is 1. The number of halogens is 2. The molecule has 2 rings (SSSR count). The molecule has 1 saturated heterocycles. The van der Waals surface area contributed by atoms with E-state index in [0.29, 0.717) is 25.2 Å². The van der Waals surface area contributed by atoms with E-state index in [1.165, 1.54) is 0 Å². The van der Waals surface area contributed by atoms with Crippen molar-refractivity contribution in [3.8, 4) is 0 Å². The Morgan fingerprint density at radius 2 is 2.22 bits per heavy atom. The van der Waals surface area contributed by atoms with Gasteiger partial charge in [0.05, 0.1) is 6.61 Å². The summed E-state index contributed by atoms with van der Waals surface area (Å²) in [5.74, 6) is -1.50. The van der Waals surface area contributed by atoms with Gasteiger partial charge in [0, 0.05) is 18.6 Å². The fourth-order valence-electron chi connectivity index (χ4n) is 2.47. The molecule has 0 amide bonds. The summed E-state index contributed by atoms with van der Waals surface area (Å²) in [5, 5.41) is 3.29. The summed E-state index contributed by atoms with van der Waals surface area (Å²) < 4.78 is 32.4. The van der Waals surface area contributed by atoms with Crippen LogP contribution in [0.15, 0.2) is 18.2 Å². The van der Waals surface area contributed by atoms with Gasteiger partial charge >= 0.3 is 0 Å². The zero-order valence-corrected chi connectivity index (χ0v) is 10.6. The molecule has 1 heterocycles. The van der Waals surface area contributed by atoms with Crippen molar-refractivity contribution in [3.05, 3.63) is 35.4 Å². The summed E-state index contributed by atoms with van der Waals surface area (Å²) in [6.45, 7) is 4.98. The van der Waals surface area contributed by atoms with Crippen molar-refractivity contribution in [2.24, 2.45) is 5.41 Å². The summed E-state index contributed by atoms with van der Waals surface area (Å²) >= 11 is 0. The third kappa shape index (κ3) is 2.87. The largest absolute Gasteiger partial charge is 0.381 e. The summed E-state index contributed by atoms with van der Waals surface area (Å²) in [6.07, 6.45) is 1.40. The van der Waals surface area contributed by atoms with Crippen LogP contribution in [-0.2, 0) is 11.2 Å². The van der Waals surface area contributed by atoms with Crippen LogP contribution in [-0.4, -0.2) is 26.3 Å². The van der Waals surface area contributed by atoms with Crippen molar-refractivity contribution in [2.45, 2.75) is 19.8 Å². The van der Waals surface area contributed by atoms with Gasteiger partial charge in [-0.2, -0.15) is 0 Å². The van der Waals surface area contributed by atoms with E-state index in [9.17, 15) is 8.78 Å². The second kappa shape index (κ2) is 5.76. The Morgan fingerprint density at radius 1 is 1.39 bits per heavy atom. The molecule has 0 radical (unpaired) electrons. The first-order valence-corrected chi connectivity index (χ1v) is 6.38. The van der Waals surface area contributed by atoms with Crippen molar-refractivity contribution >= 4 is 0 Å². The van der Waals surface area contributed by atoms with E-state index in [2.05, 4.69) is 5.32 Å². The molecule has 1 N–H and O–H groups in total. The Bertz CT molecular complexity index is 403. The van der Waals surface area contributed by atoms with Gasteiger partial charge in [0.1, 0.15) is 0 Å². The van der Waals surface area contributed by atoms with E-state index in [1.807, 2.05) is 6.92 Å². The molecule has 1 aromatic rings. The molecule has 0 aromatic heterocycles. The van der Waals surface area contributed by atoms with Crippen LogP contribution in [0.4, 0.5) is 8.78 Å². The molecule has 1 aliphatic heterocycles. The Morgan fingerprint density at radius 3 is 2.89 bits per heavy atom. The zero-order chi connectivity index (χ0) is 13.0. The normalized spacial score (nSPS) is 23.5. The van der Waals surface area contributed by atoms with E-state index in [4.69, 9.17) is 4.74 Å². The fraction of sp³-hybridized carbons (Fsp3) is 0.571. The van der Waals surface area contributed by atoms with Crippen LogP contribution >= 0.6 is 0 Å². The van der Waals surface area contributed by atoms with Gasteiger partial charge in [0.15, 0.2) is 11.6 Å². The molecule has 100 valence electrons. The number of ether oxygens (including phenoxy) is 1. The predicted molar refractivity (Wildman–Crippen MR) is 66.5 cm³/mol. The van der Waals surface area contributed by atoms with Crippen LogP contribution in [0.25, 0.3) is 0 Å². The molecule has 18 heavy (non-hydrogen) atoms. The van der Waals surface area contributed by atoms with Crippen molar-refractivity contribution in [1.82, 2.24) is 5.32 Å². The standard InChI is InChI=1S/C14H19F2NO/c1-2-17-9-14(6-7-18-10-14)8-11-4-3-5-12(15)13(11)16/h3-5,17H,2,6-10H2,1H3. The zero-order valence-electron chi connectivity index (χ0n) is 10.6. The summed E-state index contributed by atoms with van der Waals surface area (Å²) in [7, 11) is 0. The third-order valence-electron chi connectivity index (χ3n) is 3.53. The predicted octanol–water partition coefficient (Wildman–Crippen LogP) is 2.52. The molecule has 1 aliphatic rings. The topological polar surface area (TPSA) is 21.3 Å². The van der Waals surface area contributed by atoms with Gasteiger partial charge < -0.3 is 10.1 Å². The minimum absolute atomic E-state index is 0.107. The van der Waals surface area contributed by atoms with Crippen LogP contribution < -0.4 is 5.32 Å². The monoisotopic (exact) mass is 255 g/mol. The number of hydrogen-bond acceptors (Lipinski definition) is 2. The molecular formula is C14H19F2NO. The second-order valence-electron chi connectivity index (χ2n) is 4.97. The molecule has 2 nitrogen and oxygen atoms in total. The Kier molecular flexibility index (Phi) is 4.30. The van der Waals surface area contributed by atoms with E-state index in [0.717, 1.165) is 25.6 Å². The van der Waals surface area contributed by atoms with E-state index in [1.54, 1.807) is 12.1 Å². The molecule has 1 fully saturated rings. The fourth-order valence-corrected chi connectivity index (χ4v) is 2.47. The first-order chi connectivity index (χ1) is 8.67. The first kappa shape index (κ1) is 13.4. The van der Waals surface area contributed by atoms with Crippen LogP contribution in [0, 0.1) is 17.0 Å². The maximum atomic E-state index is 13.7. The average molecular weight is 255 g/mol. The van der Waals surface area contributed by atoms with Crippen molar-refractivity contribution in [1.29, 1.82) is 0 Å². The summed E-state index contributed by atoms with van der Waals surface area (Å²) in [5.41, 5.74) is 0.336. The van der Waals surface area contributed by atoms with Crippen LogP contribution in [0.3, 0.4) is 0 Å². The highest BCUT2D eigenvalue weighted by atomic mass is 19.2. The van der Waals surface area contributed by atoms with Gasteiger partial charge in [0.25, 0.3) is 0 Å². The van der Waals surface area contributed by atoms with Crippen LogP contribution in [0.1, 0.15) is 18.9 Å². The van der Waals surface area contributed by atoms with Crippen LogP contribution in [0.5, 0.6) is 0 Å². The lowest BCUT2D eigenvalue weighted by Crippen LogP contribution is -2.37. The summed E-state index contributed by atoms with van der Waals surface area (Å²) in [6, 6.07) is 4.37. The maximum Gasteiger partial charge on any atom is 0.162 e. The number of hydrogen-bond donors (Lipinski definition) is 1. The highest BCUT2D eigenvalue weighted by molar-refractivity contribution is 5.21. The van der Waals surface area contributed by atoms with E-state index in [-0.39, 0.29) is 5.41 Å². The van der Waals surface area contributed by atoms with Crippen molar-refractivity contribution < 1.29 is 13.5 Å². The second-order valence-corrected chi connectivity index (χ2v) is 4.97. The molecule has 1 unspecified atom stereocenters.